The number of hydrogen-bond donors (Lipinski definition) is 0. The molecule has 0 saturated heterocycles. The third kappa shape index (κ3) is 6.23. The Kier molecular flexibility index (Phi) is 8.84. The number of fused-ring (bicyclic) bond motifs is 7. The first-order chi connectivity index (χ1) is 31.1. The van der Waals surface area contributed by atoms with Crippen LogP contribution in [0.1, 0.15) is 11.1 Å². The molecule has 0 spiro atoms. The van der Waals surface area contributed by atoms with Crippen molar-refractivity contribution in [2.24, 2.45) is 0 Å². The summed E-state index contributed by atoms with van der Waals surface area (Å²) in [5, 5.41) is 7.69. The van der Waals surface area contributed by atoms with E-state index in [2.05, 4.69) is 242 Å². The van der Waals surface area contributed by atoms with E-state index in [0.29, 0.717) is 0 Å². The zero-order valence-electron chi connectivity index (χ0n) is 35.1. The number of para-hydroxylation sites is 2. The number of benzene rings is 10. The van der Waals surface area contributed by atoms with E-state index in [4.69, 9.17) is 0 Å². The maximum absolute atomic E-state index is 2.44. The van der Waals surface area contributed by atoms with E-state index in [1.807, 2.05) is 11.3 Å². The first-order valence-electron chi connectivity index (χ1n) is 21.7. The number of nitrogens with zero attached hydrogens (tertiary/aromatic N) is 2. The normalized spacial score (nSPS) is 11.7. The third-order valence-electron chi connectivity index (χ3n) is 12.8. The molecule has 10 aromatic carbocycles. The molecule has 2 heterocycles. The molecule has 2 aromatic heterocycles. The Bertz CT molecular complexity index is 3620. The number of hydrogen-bond acceptors (Lipinski definition) is 2. The van der Waals surface area contributed by atoms with Gasteiger partial charge in [0.05, 0.1) is 16.7 Å². The second-order valence-electron chi connectivity index (χ2n) is 16.6. The van der Waals surface area contributed by atoms with Gasteiger partial charge < -0.3 is 9.47 Å². The molecule has 298 valence electrons. The van der Waals surface area contributed by atoms with Crippen molar-refractivity contribution in [1.82, 2.24) is 4.57 Å². The summed E-state index contributed by atoms with van der Waals surface area (Å²) in [5.41, 5.74) is 16.8. The SMILES string of the molecule is Cc1cc(-c2cccc(-n3c4ccccc4c4ccccc43)c2)cc(C)c1N(c1ccc(-c2cccc3ccccc23)cc1)c1ccc(-c2cccc3c2sc2ccccc23)cc1. The van der Waals surface area contributed by atoms with E-state index in [1.54, 1.807) is 0 Å². The van der Waals surface area contributed by atoms with Gasteiger partial charge in [-0.2, -0.15) is 0 Å². The molecule has 0 amide bonds. The van der Waals surface area contributed by atoms with Gasteiger partial charge in [-0.3, -0.25) is 0 Å². The maximum Gasteiger partial charge on any atom is 0.0541 e. The minimum absolute atomic E-state index is 1.12. The van der Waals surface area contributed by atoms with E-state index in [9.17, 15) is 0 Å². The van der Waals surface area contributed by atoms with Crippen molar-refractivity contribution in [3.05, 3.63) is 230 Å². The zero-order valence-corrected chi connectivity index (χ0v) is 35.9. The number of anilines is 3. The summed E-state index contributed by atoms with van der Waals surface area (Å²) in [5.74, 6) is 0. The molecular weight excluding hydrogens is 781 g/mol. The molecule has 12 rings (SSSR count). The molecule has 0 atom stereocenters. The van der Waals surface area contributed by atoms with Crippen LogP contribution in [0, 0.1) is 13.8 Å². The van der Waals surface area contributed by atoms with Gasteiger partial charge in [0.25, 0.3) is 0 Å². The van der Waals surface area contributed by atoms with Crippen LogP contribution in [0.3, 0.4) is 0 Å². The monoisotopic (exact) mass is 822 g/mol. The summed E-state index contributed by atoms with van der Waals surface area (Å²) in [7, 11) is 0. The first-order valence-corrected chi connectivity index (χ1v) is 22.5. The summed E-state index contributed by atoms with van der Waals surface area (Å²) in [6.45, 7) is 4.52. The molecule has 0 fully saturated rings. The molecule has 0 unspecified atom stereocenters. The van der Waals surface area contributed by atoms with Gasteiger partial charge in [0, 0.05) is 48.0 Å². The van der Waals surface area contributed by atoms with Crippen molar-refractivity contribution in [2.75, 3.05) is 4.90 Å². The molecule has 0 aliphatic heterocycles. The molecule has 0 saturated carbocycles. The highest BCUT2D eigenvalue weighted by Gasteiger charge is 2.20. The Morgan fingerprint density at radius 1 is 0.381 bits per heavy atom. The van der Waals surface area contributed by atoms with Gasteiger partial charge in [0.15, 0.2) is 0 Å². The minimum Gasteiger partial charge on any atom is -0.310 e. The average molecular weight is 823 g/mol. The van der Waals surface area contributed by atoms with Gasteiger partial charge >= 0.3 is 0 Å². The summed E-state index contributed by atoms with van der Waals surface area (Å²) < 4.78 is 5.05. The lowest BCUT2D eigenvalue weighted by Crippen LogP contribution is -2.13. The first kappa shape index (κ1) is 37.1. The molecule has 12 aromatic rings. The van der Waals surface area contributed by atoms with Crippen LogP contribution in [0.2, 0.25) is 0 Å². The van der Waals surface area contributed by atoms with Crippen molar-refractivity contribution < 1.29 is 0 Å². The van der Waals surface area contributed by atoms with Crippen molar-refractivity contribution in [3.8, 4) is 39.1 Å². The van der Waals surface area contributed by atoms with Gasteiger partial charge in [-0.15, -0.1) is 11.3 Å². The van der Waals surface area contributed by atoms with E-state index in [0.717, 1.165) is 17.1 Å². The molecule has 0 aliphatic rings. The van der Waals surface area contributed by atoms with E-state index in [1.165, 1.54) is 103 Å². The number of aryl methyl sites for hydroxylation is 2. The second-order valence-corrected chi connectivity index (χ2v) is 17.7. The van der Waals surface area contributed by atoms with Gasteiger partial charge in [-0.05, 0) is 136 Å². The van der Waals surface area contributed by atoms with Crippen LogP contribution in [0.5, 0.6) is 0 Å². The predicted molar refractivity (Wildman–Crippen MR) is 272 cm³/mol. The van der Waals surface area contributed by atoms with Gasteiger partial charge in [0.2, 0.25) is 0 Å². The standard InChI is InChI=1S/C60H42N2S/c1-39-36-45(44-16-11-17-48(38-44)62-56-25-8-5-19-52(56)53-20-6-9-26-57(53)62)37-40(2)59(39)61(46-32-28-42(29-33-46)50-22-12-15-41-14-3-4-18-49(41)50)47-34-30-43(31-35-47)51-23-13-24-55-54-21-7-10-27-58(54)63-60(51)55/h3-38H,1-2H3. The van der Waals surface area contributed by atoms with E-state index in [-0.39, 0.29) is 0 Å². The van der Waals surface area contributed by atoms with Crippen molar-refractivity contribution in [1.29, 1.82) is 0 Å². The van der Waals surface area contributed by atoms with Crippen LogP contribution in [0.4, 0.5) is 17.1 Å². The zero-order chi connectivity index (χ0) is 42.0. The fourth-order valence-corrected chi connectivity index (χ4v) is 11.2. The maximum atomic E-state index is 2.44. The molecule has 0 aliphatic carbocycles. The fourth-order valence-electron chi connectivity index (χ4n) is 9.94. The van der Waals surface area contributed by atoms with Crippen LogP contribution < -0.4 is 4.90 Å². The van der Waals surface area contributed by atoms with Crippen LogP contribution in [0.15, 0.2) is 218 Å². The Labute approximate surface area is 371 Å². The predicted octanol–water partition coefficient (Wildman–Crippen LogP) is 17.4. The number of aromatic nitrogens is 1. The summed E-state index contributed by atoms with van der Waals surface area (Å²) in [4.78, 5) is 2.44. The number of rotatable bonds is 7. The smallest absolute Gasteiger partial charge is 0.0541 e. The highest BCUT2D eigenvalue weighted by molar-refractivity contribution is 7.26. The molecule has 63 heavy (non-hydrogen) atoms. The Morgan fingerprint density at radius 2 is 0.905 bits per heavy atom. The van der Waals surface area contributed by atoms with Crippen molar-refractivity contribution >= 4 is 81.1 Å². The van der Waals surface area contributed by atoms with E-state index < -0.39 is 0 Å². The van der Waals surface area contributed by atoms with Crippen LogP contribution in [0.25, 0.3) is 91.8 Å². The molecule has 0 bridgehead atoms. The van der Waals surface area contributed by atoms with Crippen LogP contribution >= 0.6 is 11.3 Å². The lowest BCUT2D eigenvalue weighted by molar-refractivity contribution is 1.18. The molecule has 3 heteroatoms. The molecular formula is C60H42N2S. The fraction of sp³-hybridized carbons (Fsp3) is 0.0333. The van der Waals surface area contributed by atoms with Crippen LogP contribution in [-0.4, -0.2) is 4.57 Å². The average Bonchev–Trinajstić information content (AvgIpc) is 3.89. The van der Waals surface area contributed by atoms with Gasteiger partial charge in [-0.1, -0.05) is 152 Å². The largest absolute Gasteiger partial charge is 0.310 e. The van der Waals surface area contributed by atoms with E-state index >= 15 is 0 Å². The lowest BCUT2D eigenvalue weighted by atomic mass is 9.96. The van der Waals surface area contributed by atoms with Gasteiger partial charge in [-0.25, -0.2) is 0 Å². The van der Waals surface area contributed by atoms with Crippen molar-refractivity contribution in [2.45, 2.75) is 13.8 Å². The minimum atomic E-state index is 1.12. The lowest BCUT2D eigenvalue weighted by Gasteiger charge is -2.29. The molecule has 2 nitrogen and oxygen atoms in total. The Morgan fingerprint density at radius 3 is 1.60 bits per heavy atom. The summed E-state index contributed by atoms with van der Waals surface area (Å²) in [6.07, 6.45) is 0. The topological polar surface area (TPSA) is 8.17 Å². The highest BCUT2D eigenvalue weighted by Crippen LogP contribution is 2.44. The Hall–Kier alpha value is -7.72. The highest BCUT2D eigenvalue weighted by atomic mass is 32.1. The quantitative estimate of drug-likeness (QED) is 0.155. The van der Waals surface area contributed by atoms with Crippen molar-refractivity contribution in [3.63, 3.8) is 0 Å². The van der Waals surface area contributed by atoms with Crippen LogP contribution in [-0.2, 0) is 0 Å². The molecule has 0 radical (unpaired) electrons. The second kappa shape index (κ2) is 15.0. The Balaban J connectivity index is 0.969. The summed E-state index contributed by atoms with van der Waals surface area (Å²) >= 11 is 1.88. The molecule has 0 N–H and O–H groups in total. The number of thiophene rings is 1. The third-order valence-corrected chi connectivity index (χ3v) is 14.0. The van der Waals surface area contributed by atoms with Gasteiger partial charge in [0.1, 0.15) is 0 Å². The summed E-state index contributed by atoms with van der Waals surface area (Å²) in [6, 6.07) is 80.2.